The predicted molar refractivity (Wildman–Crippen MR) is 60.8 cm³/mol. The molecule has 0 bridgehead atoms. The summed E-state index contributed by atoms with van der Waals surface area (Å²) in [6, 6.07) is -0.178. The van der Waals surface area contributed by atoms with Gasteiger partial charge in [0.1, 0.15) is 0 Å². The van der Waals surface area contributed by atoms with Crippen molar-refractivity contribution < 1.29 is 13.2 Å². The van der Waals surface area contributed by atoms with E-state index in [0.29, 0.717) is 30.9 Å². The highest BCUT2D eigenvalue weighted by atomic mass is 32.2. The van der Waals surface area contributed by atoms with Crippen LogP contribution in [-0.4, -0.2) is 37.9 Å². The SMILES string of the molecule is Cc1[nH]nc(S(=O)(=O)NC2CCOC2)c1CN. The maximum Gasteiger partial charge on any atom is 0.260 e. The smallest absolute Gasteiger partial charge is 0.260 e. The number of hydrogen-bond donors (Lipinski definition) is 3. The first-order valence-corrected chi connectivity index (χ1v) is 6.87. The first-order valence-electron chi connectivity index (χ1n) is 5.38. The molecule has 96 valence electrons. The first kappa shape index (κ1) is 12.5. The van der Waals surface area contributed by atoms with Gasteiger partial charge in [-0.2, -0.15) is 5.10 Å². The topological polar surface area (TPSA) is 110 Å². The second kappa shape index (κ2) is 4.73. The average Bonchev–Trinajstić information content (AvgIpc) is 2.86. The van der Waals surface area contributed by atoms with Gasteiger partial charge in [0.05, 0.1) is 6.61 Å². The summed E-state index contributed by atoms with van der Waals surface area (Å²) < 4.78 is 31.8. The lowest BCUT2D eigenvalue weighted by Gasteiger charge is -2.10. The van der Waals surface area contributed by atoms with Gasteiger partial charge in [0.15, 0.2) is 5.03 Å². The number of H-pyrrole nitrogens is 1. The zero-order valence-corrected chi connectivity index (χ0v) is 10.4. The lowest BCUT2D eigenvalue weighted by molar-refractivity contribution is 0.192. The molecule has 0 saturated carbocycles. The van der Waals surface area contributed by atoms with Crippen LogP contribution >= 0.6 is 0 Å². The quantitative estimate of drug-likeness (QED) is 0.659. The molecule has 1 saturated heterocycles. The molecule has 0 aromatic carbocycles. The molecule has 17 heavy (non-hydrogen) atoms. The van der Waals surface area contributed by atoms with Gasteiger partial charge in [-0.15, -0.1) is 0 Å². The van der Waals surface area contributed by atoms with Crippen LogP contribution in [0.1, 0.15) is 17.7 Å². The summed E-state index contributed by atoms with van der Waals surface area (Å²) in [5.41, 5.74) is 6.72. The Hall–Kier alpha value is -0.960. The molecule has 0 amide bonds. The number of sulfonamides is 1. The summed E-state index contributed by atoms with van der Waals surface area (Å²) in [5.74, 6) is 0. The van der Waals surface area contributed by atoms with Crippen molar-refractivity contribution in [3.05, 3.63) is 11.3 Å². The third kappa shape index (κ3) is 2.49. The highest BCUT2D eigenvalue weighted by Gasteiger charge is 2.27. The Morgan fingerprint density at radius 3 is 3.00 bits per heavy atom. The third-order valence-corrected chi connectivity index (χ3v) is 4.24. The molecule has 2 heterocycles. The number of ether oxygens (including phenoxy) is 1. The van der Waals surface area contributed by atoms with E-state index in [0.717, 1.165) is 0 Å². The molecule has 1 fully saturated rings. The minimum Gasteiger partial charge on any atom is -0.380 e. The van der Waals surface area contributed by atoms with Crippen molar-refractivity contribution in [2.24, 2.45) is 5.73 Å². The van der Waals surface area contributed by atoms with Gasteiger partial charge in [0, 0.05) is 30.5 Å². The molecule has 0 spiro atoms. The monoisotopic (exact) mass is 260 g/mol. The number of nitrogens with two attached hydrogens (primary N) is 1. The number of nitrogens with zero attached hydrogens (tertiary/aromatic N) is 1. The number of nitrogens with one attached hydrogen (secondary N) is 2. The Balaban J connectivity index is 2.24. The number of aromatic nitrogens is 2. The van der Waals surface area contributed by atoms with E-state index in [1.54, 1.807) is 6.92 Å². The third-order valence-electron chi connectivity index (χ3n) is 2.75. The molecule has 2 rings (SSSR count). The van der Waals surface area contributed by atoms with Crippen molar-refractivity contribution in [3.63, 3.8) is 0 Å². The fourth-order valence-electron chi connectivity index (χ4n) is 1.80. The van der Waals surface area contributed by atoms with Crippen LogP contribution in [0.25, 0.3) is 0 Å². The average molecular weight is 260 g/mol. The zero-order chi connectivity index (χ0) is 12.5. The number of aryl methyl sites for hydroxylation is 1. The van der Waals surface area contributed by atoms with Gasteiger partial charge in [0.2, 0.25) is 0 Å². The second-order valence-electron chi connectivity index (χ2n) is 4.02. The van der Waals surface area contributed by atoms with Crippen LogP contribution in [0, 0.1) is 6.92 Å². The summed E-state index contributed by atoms with van der Waals surface area (Å²) in [4.78, 5) is 0. The van der Waals surface area contributed by atoms with Crippen molar-refractivity contribution >= 4 is 10.0 Å². The lowest BCUT2D eigenvalue weighted by Crippen LogP contribution is -2.35. The summed E-state index contributed by atoms with van der Waals surface area (Å²) >= 11 is 0. The molecule has 1 aliphatic heterocycles. The van der Waals surface area contributed by atoms with E-state index in [2.05, 4.69) is 14.9 Å². The maximum atomic E-state index is 12.1. The normalized spacial score (nSPS) is 20.9. The van der Waals surface area contributed by atoms with Crippen LogP contribution in [0.5, 0.6) is 0 Å². The molecule has 1 aromatic rings. The molecule has 1 atom stereocenters. The number of aromatic amines is 1. The molecular formula is C9H16N4O3S. The predicted octanol–water partition coefficient (Wildman–Crippen LogP) is -0.756. The van der Waals surface area contributed by atoms with E-state index < -0.39 is 10.0 Å². The van der Waals surface area contributed by atoms with Crippen molar-refractivity contribution in [3.8, 4) is 0 Å². The van der Waals surface area contributed by atoms with Crippen molar-refractivity contribution in [2.75, 3.05) is 13.2 Å². The van der Waals surface area contributed by atoms with Crippen LogP contribution in [-0.2, 0) is 21.3 Å². The summed E-state index contributed by atoms with van der Waals surface area (Å²) in [7, 11) is -3.62. The molecule has 1 aliphatic rings. The van der Waals surface area contributed by atoms with Gasteiger partial charge in [-0.25, -0.2) is 13.1 Å². The fraction of sp³-hybridized carbons (Fsp3) is 0.667. The van der Waals surface area contributed by atoms with E-state index in [1.807, 2.05) is 0 Å². The van der Waals surface area contributed by atoms with E-state index in [4.69, 9.17) is 10.5 Å². The Bertz CT molecular complexity index is 490. The highest BCUT2D eigenvalue weighted by Crippen LogP contribution is 2.16. The van der Waals surface area contributed by atoms with E-state index in [9.17, 15) is 8.42 Å². The van der Waals surface area contributed by atoms with Gasteiger partial charge in [-0.3, -0.25) is 5.10 Å². The van der Waals surface area contributed by atoms with Gasteiger partial charge in [0.25, 0.3) is 10.0 Å². The van der Waals surface area contributed by atoms with Crippen LogP contribution < -0.4 is 10.5 Å². The maximum absolute atomic E-state index is 12.1. The van der Waals surface area contributed by atoms with E-state index >= 15 is 0 Å². The molecule has 8 heteroatoms. The summed E-state index contributed by atoms with van der Waals surface area (Å²) in [5, 5.41) is 6.43. The number of rotatable bonds is 4. The van der Waals surface area contributed by atoms with E-state index in [-0.39, 0.29) is 17.6 Å². The first-order chi connectivity index (χ1) is 8.04. The summed E-state index contributed by atoms with van der Waals surface area (Å²) in [6.45, 7) is 2.86. The Morgan fingerprint density at radius 2 is 2.41 bits per heavy atom. The molecule has 1 unspecified atom stereocenters. The Kier molecular flexibility index (Phi) is 3.48. The Morgan fingerprint density at radius 1 is 1.65 bits per heavy atom. The lowest BCUT2D eigenvalue weighted by atomic mass is 10.3. The van der Waals surface area contributed by atoms with Gasteiger partial charge in [-0.05, 0) is 13.3 Å². The van der Waals surface area contributed by atoms with Crippen molar-refractivity contribution in [2.45, 2.75) is 31.0 Å². The minimum absolute atomic E-state index is 0.00981. The molecule has 0 radical (unpaired) electrons. The van der Waals surface area contributed by atoms with Crippen molar-refractivity contribution in [1.82, 2.24) is 14.9 Å². The fourth-order valence-corrected chi connectivity index (χ4v) is 3.26. The van der Waals surface area contributed by atoms with E-state index in [1.165, 1.54) is 0 Å². The van der Waals surface area contributed by atoms with Crippen LogP contribution in [0.15, 0.2) is 5.03 Å². The van der Waals surface area contributed by atoms with Gasteiger partial charge >= 0.3 is 0 Å². The summed E-state index contributed by atoms with van der Waals surface area (Å²) in [6.07, 6.45) is 0.681. The molecule has 4 N–H and O–H groups in total. The van der Waals surface area contributed by atoms with Crippen LogP contribution in [0.2, 0.25) is 0 Å². The minimum atomic E-state index is -3.62. The number of hydrogen-bond acceptors (Lipinski definition) is 5. The molecule has 7 nitrogen and oxygen atoms in total. The molecule has 0 aliphatic carbocycles. The van der Waals surface area contributed by atoms with Gasteiger partial charge < -0.3 is 10.5 Å². The zero-order valence-electron chi connectivity index (χ0n) is 9.56. The highest BCUT2D eigenvalue weighted by molar-refractivity contribution is 7.89. The molecule has 1 aromatic heterocycles. The van der Waals surface area contributed by atoms with Crippen molar-refractivity contribution in [1.29, 1.82) is 0 Å². The van der Waals surface area contributed by atoms with Crippen LogP contribution in [0.4, 0.5) is 0 Å². The van der Waals surface area contributed by atoms with Crippen LogP contribution in [0.3, 0.4) is 0 Å². The van der Waals surface area contributed by atoms with Gasteiger partial charge in [-0.1, -0.05) is 0 Å². The Labute approximate surface area is 99.8 Å². The second-order valence-corrected chi connectivity index (χ2v) is 5.65. The largest absolute Gasteiger partial charge is 0.380 e. The molecular weight excluding hydrogens is 244 g/mol. The standard InChI is InChI=1S/C9H16N4O3S/c1-6-8(4-10)9(12-11-6)17(14,15)13-7-2-3-16-5-7/h7,13H,2-5,10H2,1H3,(H,11,12).